The van der Waals surface area contributed by atoms with Gasteiger partial charge in [-0.05, 0) is 57.3 Å². The van der Waals surface area contributed by atoms with Gasteiger partial charge in [0.15, 0.2) is 0 Å². The monoisotopic (exact) mass is 429 g/mol. The molecule has 1 aliphatic carbocycles. The van der Waals surface area contributed by atoms with Gasteiger partial charge in [-0.2, -0.15) is 0 Å². The first kappa shape index (κ1) is 20.9. The van der Waals surface area contributed by atoms with Crippen LogP contribution in [0.4, 0.5) is 0 Å². The summed E-state index contributed by atoms with van der Waals surface area (Å²) in [6.45, 7) is 4.53. The van der Waals surface area contributed by atoms with Gasteiger partial charge in [0.2, 0.25) is 0 Å². The van der Waals surface area contributed by atoms with Crippen molar-refractivity contribution < 1.29 is 19.7 Å². The number of aliphatic hydroxyl groups excluding tert-OH is 2. The minimum atomic E-state index is -0.921. The number of alkyl halides is 1. The number of halogens is 1. The molecule has 0 amide bonds. The van der Waals surface area contributed by atoms with Crippen LogP contribution in [0, 0.1) is 17.8 Å². The van der Waals surface area contributed by atoms with E-state index < -0.39 is 24.5 Å². The lowest BCUT2D eigenvalue weighted by molar-refractivity contribution is -0.152. The van der Waals surface area contributed by atoms with Crippen molar-refractivity contribution >= 4 is 11.6 Å². The first-order chi connectivity index (χ1) is 14.0. The summed E-state index contributed by atoms with van der Waals surface area (Å²) in [5, 5.41) is 29.2. The van der Waals surface area contributed by atoms with Crippen molar-refractivity contribution in [3.05, 3.63) is 0 Å². The number of nitrogens with zero attached hydrogens (tertiary/aromatic N) is 1. The van der Waals surface area contributed by atoms with Gasteiger partial charge in [0.1, 0.15) is 24.5 Å². The van der Waals surface area contributed by atoms with Gasteiger partial charge >= 0.3 is 0 Å². The maximum atomic E-state index is 11.0. The highest BCUT2D eigenvalue weighted by molar-refractivity contribution is 6.20. The van der Waals surface area contributed by atoms with Gasteiger partial charge in [-0.25, -0.2) is 0 Å². The zero-order chi connectivity index (χ0) is 20.1. The van der Waals surface area contributed by atoms with Crippen LogP contribution in [0.3, 0.4) is 0 Å². The van der Waals surface area contributed by atoms with Crippen LogP contribution in [-0.4, -0.2) is 83.2 Å². The molecule has 6 unspecified atom stereocenters. The summed E-state index contributed by atoms with van der Waals surface area (Å²) >= 11 is 6.45. The Bertz CT molecular complexity index is 586. The number of aliphatic hydroxyl groups is 2. The van der Waals surface area contributed by atoms with Crippen molar-refractivity contribution in [2.24, 2.45) is 17.8 Å². The van der Waals surface area contributed by atoms with Gasteiger partial charge in [0.05, 0.1) is 12.3 Å². The molecule has 4 N–H and O–H groups in total. The zero-order valence-corrected chi connectivity index (χ0v) is 18.0. The Labute approximate surface area is 178 Å². The average Bonchev–Trinajstić information content (AvgIpc) is 3.18. The summed E-state index contributed by atoms with van der Waals surface area (Å²) in [5.74, 6) is 1.35. The minimum Gasteiger partial charge on any atom is -0.387 e. The number of likely N-dealkylation sites (tertiary alicyclic amines) is 1. The lowest BCUT2D eigenvalue weighted by atomic mass is 9.73. The summed E-state index contributed by atoms with van der Waals surface area (Å²) in [7, 11) is 0. The second-order valence-electron chi connectivity index (χ2n) is 9.79. The predicted molar refractivity (Wildman–Crippen MR) is 109 cm³/mol. The normalized spacial score (nSPS) is 54.0. The van der Waals surface area contributed by atoms with Crippen LogP contribution in [0.1, 0.15) is 45.4 Å². The first-order valence-corrected chi connectivity index (χ1v) is 12.0. The minimum absolute atomic E-state index is 0.167. The van der Waals surface area contributed by atoms with E-state index in [0.29, 0.717) is 30.4 Å². The number of nitrogens with one attached hydrogen (secondary N) is 2. The molecule has 5 fully saturated rings. The van der Waals surface area contributed by atoms with Crippen molar-refractivity contribution in [3.8, 4) is 0 Å². The fraction of sp³-hybridized carbons (Fsp3) is 1.00. The van der Waals surface area contributed by atoms with Crippen molar-refractivity contribution in [1.82, 2.24) is 15.5 Å². The average molecular weight is 430 g/mol. The maximum absolute atomic E-state index is 11.0. The lowest BCUT2D eigenvalue weighted by Gasteiger charge is -2.40. The van der Waals surface area contributed by atoms with E-state index in [1.807, 2.05) is 0 Å². The van der Waals surface area contributed by atoms with Gasteiger partial charge in [0, 0.05) is 37.2 Å². The Balaban J connectivity index is 1.33. The molecule has 0 bridgehead atoms. The third kappa shape index (κ3) is 3.76. The maximum Gasteiger partial charge on any atom is 0.141 e. The molecule has 5 rings (SSSR count). The molecule has 0 spiro atoms. The Morgan fingerprint density at radius 1 is 1.00 bits per heavy atom. The molecule has 166 valence electrons. The summed E-state index contributed by atoms with van der Waals surface area (Å²) in [6.07, 6.45) is 3.43. The summed E-state index contributed by atoms with van der Waals surface area (Å²) in [6, 6.07) is 0.433. The SMILES string of the molecule is CC1NCNC2C1CCN2[C@@H]1O[C@H]([C@@H]2OCCCC3CC(Cl)CCC32)[C@@H](O)[C@H]1O. The molecule has 5 aliphatic rings. The van der Waals surface area contributed by atoms with E-state index >= 15 is 0 Å². The molecule has 7 nitrogen and oxygen atoms in total. The zero-order valence-electron chi connectivity index (χ0n) is 17.3. The van der Waals surface area contributed by atoms with Gasteiger partial charge < -0.3 is 25.0 Å². The van der Waals surface area contributed by atoms with E-state index in [0.717, 1.165) is 51.7 Å². The molecule has 11 atom stereocenters. The fourth-order valence-corrected chi connectivity index (χ4v) is 7.00. The highest BCUT2D eigenvalue weighted by atomic mass is 35.5. The lowest BCUT2D eigenvalue weighted by Crippen LogP contribution is -2.61. The fourth-order valence-electron chi connectivity index (χ4n) is 6.65. The van der Waals surface area contributed by atoms with Crippen LogP contribution in [0.25, 0.3) is 0 Å². The van der Waals surface area contributed by atoms with E-state index in [1.54, 1.807) is 0 Å². The molecule has 0 radical (unpaired) electrons. The Hall–Kier alpha value is 0.01000. The van der Waals surface area contributed by atoms with Crippen LogP contribution >= 0.6 is 11.6 Å². The molecule has 4 saturated heterocycles. The predicted octanol–water partition coefficient (Wildman–Crippen LogP) is 0.823. The molecule has 4 aliphatic heterocycles. The third-order valence-corrected chi connectivity index (χ3v) is 8.61. The molecule has 0 aromatic carbocycles. The van der Waals surface area contributed by atoms with E-state index in [-0.39, 0.29) is 17.6 Å². The number of hydrogen-bond acceptors (Lipinski definition) is 7. The highest BCUT2D eigenvalue weighted by Gasteiger charge is 2.55. The van der Waals surface area contributed by atoms with E-state index in [2.05, 4.69) is 22.5 Å². The van der Waals surface area contributed by atoms with Gasteiger partial charge in [-0.1, -0.05) is 0 Å². The molecule has 1 saturated carbocycles. The Morgan fingerprint density at radius 3 is 2.72 bits per heavy atom. The van der Waals surface area contributed by atoms with Crippen LogP contribution in [0.2, 0.25) is 0 Å². The van der Waals surface area contributed by atoms with Crippen molar-refractivity contribution in [2.45, 2.75) is 93.7 Å². The molecular formula is C21H36ClN3O4. The molecule has 4 heterocycles. The standard InChI is InChI=1S/C21H36ClN3O4/c1-11-14-6-7-25(20(14)24-10-23-11)21-17(27)16(26)19(29-21)18-15-5-4-13(22)9-12(15)3-2-8-28-18/h11-21,23-24,26-27H,2-10H2,1H3/t11?,12?,13?,14?,15?,16-,17+,18+,19-,20?,21+/m0/s1. The quantitative estimate of drug-likeness (QED) is 0.483. The van der Waals surface area contributed by atoms with Crippen molar-refractivity contribution in [1.29, 1.82) is 0 Å². The smallest absolute Gasteiger partial charge is 0.141 e. The number of ether oxygens (including phenoxy) is 2. The summed E-state index contributed by atoms with van der Waals surface area (Å²) < 4.78 is 12.7. The molecule has 29 heavy (non-hydrogen) atoms. The van der Waals surface area contributed by atoms with Crippen LogP contribution in [0.5, 0.6) is 0 Å². The Kier molecular flexibility index (Phi) is 6.13. The van der Waals surface area contributed by atoms with Gasteiger partial charge in [-0.3, -0.25) is 10.2 Å². The second-order valence-corrected chi connectivity index (χ2v) is 10.4. The van der Waals surface area contributed by atoms with E-state index in [9.17, 15) is 10.2 Å². The largest absolute Gasteiger partial charge is 0.387 e. The number of rotatable bonds is 2. The summed E-state index contributed by atoms with van der Waals surface area (Å²) in [4.78, 5) is 2.22. The van der Waals surface area contributed by atoms with Crippen LogP contribution < -0.4 is 10.6 Å². The highest BCUT2D eigenvalue weighted by Crippen LogP contribution is 2.44. The van der Waals surface area contributed by atoms with E-state index in [1.165, 1.54) is 0 Å². The van der Waals surface area contributed by atoms with Crippen LogP contribution in [0.15, 0.2) is 0 Å². The molecule has 0 aromatic heterocycles. The number of hydrogen-bond donors (Lipinski definition) is 4. The van der Waals surface area contributed by atoms with Crippen LogP contribution in [-0.2, 0) is 9.47 Å². The second kappa shape index (κ2) is 8.51. The first-order valence-electron chi connectivity index (χ1n) is 11.5. The van der Waals surface area contributed by atoms with Crippen molar-refractivity contribution in [2.75, 3.05) is 19.8 Å². The van der Waals surface area contributed by atoms with E-state index in [4.69, 9.17) is 21.1 Å². The molecular weight excluding hydrogens is 394 g/mol. The molecule has 8 heteroatoms. The third-order valence-electron chi connectivity index (χ3n) is 8.22. The molecule has 0 aromatic rings. The van der Waals surface area contributed by atoms with Crippen molar-refractivity contribution in [3.63, 3.8) is 0 Å². The topological polar surface area (TPSA) is 86.2 Å². The van der Waals surface area contributed by atoms with Gasteiger partial charge in [0.25, 0.3) is 0 Å². The van der Waals surface area contributed by atoms with Gasteiger partial charge in [-0.15, -0.1) is 11.6 Å². The Morgan fingerprint density at radius 2 is 1.86 bits per heavy atom. The summed E-state index contributed by atoms with van der Waals surface area (Å²) in [5.41, 5.74) is 0. The number of fused-ring (bicyclic) bond motifs is 2.